The van der Waals surface area contributed by atoms with Gasteiger partial charge in [-0.3, -0.25) is 9.36 Å². The number of anilines is 2. The lowest BCUT2D eigenvalue weighted by atomic mass is 10.1. The molecule has 0 spiro atoms. The van der Waals surface area contributed by atoms with E-state index in [0.717, 1.165) is 29.9 Å². The first-order chi connectivity index (χ1) is 12.7. The van der Waals surface area contributed by atoms with Gasteiger partial charge in [0.15, 0.2) is 5.16 Å². The zero-order valence-corrected chi connectivity index (χ0v) is 16.0. The highest BCUT2D eigenvalue weighted by atomic mass is 32.2. The van der Waals surface area contributed by atoms with Crippen molar-refractivity contribution < 1.29 is 4.79 Å². The predicted molar refractivity (Wildman–Crippen MR) is 105 cm³/mol. The SMILES string of the molecule is Cc1ccc(NC(=O)CSc2nnc(N3CCCCC3)n2C2CC2)cc1. The van der Waals surface area contributed by atoms with Crippen molar-refractivity contribution in [3.63, 3.8) is 0 Å². The Bertz CT molecular complexity index is 763. The summed E-state index contributed by atoms with van der Waals surface area (Å²) in [4.78, 5) is 14.6. The summed E-state index contributed by atoms with van der Waals surface area (Å²) in [6.07, 6.45) is 6.11. The lowest BCUT2D eigenvalue weighted by molar-refractivity contribution is -0.113. The molecule has 2 aromatic rings. The van der Waals surface area contributed by atoms with E-state index in [1.165, 1.54) is 49.4 Å². The van der Waals surface area contributed by atoms with Gasteiger partial charge in [0, 0.05) is 24.8 Å². The van der Waals surface area contributed by atoms with Crippen molar-refractivity contribution >= 4 is 29.3 Å². The Balaban J connectivity index is 1.40. The van der Waals surface area contributed by atoms with Crippen molar-refractivity contribution in [2.75, 3.05) is 29.1 Å². The summed E-state index contributed by atoms with van der Waals surface area (Å²) in [5.74, 6) is 1.33. The minimum absolute atomic E-state index is 0.0104. The Morgan fingerprint density at radius 3 is 2.58 bits per heavy atom. The molecule has 7 heteroatoms. The number of benzene rings is 1. The summed E-state index contributed by atoms with van der Waals surface area (Å²) in [6.45, 7) is 4.15. The normalized spacial score (nSPS) is 17.3. The average Bonchev–Trinajstić information content (AvgIpc) is 3.41. The van der Waals surface area contributed by atoms with Crippen LogP contribution in [0.4, 0.5) is 11.6 Å². The second-order valence-electron chi connectivity index (χ2n) is 7.13. The predicted octanol–water partition coefficient (Wildman–Crippen LogP) is 3.64. The largest absolute Gasteiger partial charge is 0.341 e. The number of aryl methyl sites for hydroxylation is 1. The molecule has 1 aliphatic heterocycles. The molecule has 0 unspecified atom stereocenters. The number of nitrogens with zero attached hydrogens (tertiary/aromatic N) is 4. The van der Waals surface area contributed by atoms with Crippen molar-refractivity contribution in [3.8, 4) is 0 Å². The van der Waals surface area contributed by atoms with Gasteiger partial charge in [-0.2, -0.15) is 0 Å². The van der Waals surface area contributed by atoms with Crippen molar-refractivity contribution in [3.05, 3.63) is 29.8 Å². The van der Waals surface area contributed by atoms with E-state index in [0.29, 0.717) is 11.8 Å². The van der Waals surface area contributed by atoms with Crippen molar-refractivity contribution in [1.29, 1.82) is 0 Å². The van der Waals surface area contributed by atoms with Gasteiger partial charge in [-0.05, 0) is 51.2 Å². The van der Waals surface area contributed by atoms with E-state index in [1.54, 1.807) is 0 Å². The lowest BCUT2D eigenvalue weighted by Crippen LogP contribution is -2.32. The molecule has 2 fully saturated rings. The van der Waals surface area contributed by atoms with Gasteiger partial charge in [0.05, 0.1) is 5.75 Å². The quantitative estimate of drug-likeness (QED) is 0.786. The maximum Gasteiger partial charge on any atom is 0.234 e. The average molecular weight is 372 g/mol. The highest BCUT2D eigenvalue weighted by Gasteiger charge is 2.32. The number of carbonyl (C=O) groups excluding carboxylic acids is 1. The second kappa shape index (κ2) is 7.70. The molecule has 2 heterocycles. The van der Waals surface area contributed by atoms with Crippen molar-refractivity contribution in [1.82, 2.24) is 14.8 Å². The molecule has 2 aliphatic rings. The first-order valence-electron chi connectivity index (χ1n) is 9.40. The van der Waals surface area contributed by atoms with Gasteiger partial charge in [-0.15, -0.1) is 10.2 Å². The number of aromatic nitrogens is 3. The number of thioether (sulfide) groups is 1. The highest BCUT2D eigenvalue weighted by Crippen LogP contribution is 2.41. The fraction of sp³-hybridized carbons (Fsp3) is 0.526. The van der Waals surface area contributed by atoms with Crippen LogP contribution in [0.1, 0.15) is 43.7 Å². The molecule has 1 N–H and O–H groups in total. The Hall–Kier alpha value is -2.02. The molecule has 1 amide bonds. The maximum absolute atomic E-state index is 12.3. The molecule has 26 heavy (non-hydrogen) atoms. The second-order valence-corrected chi connectivity index (χ2v) is 8.08. The number of hydrogen-bond donors (Lipinski definition) is 1. The zero-order valence-electron chi connectivity index (χ0n) is 15.1. The summed E-state index contributed by atoms with van der Waals surface area (Å²) in [5.41, 5.74) is 2.01. The number of piperidine rings is 1. The number of amides is 1. The maximum atomic E-state index is 12.3. The van der Waals surface area contributed by atoms with Crippen LogP contribution in [0.5, 0.6) is 0 Å². The molecule has 0 radical (unpaired) electrons. The summed E-state index contributed by atoms with van der Waals surface area (Å²) in [6, 6.07) is 8.36. The number of carbonyl (C=O) groups is 1. The van der Waals surface area contributed by atoms with Crippen LogP contribution in [0.15, 0.2) is 29.4 Å². The first kappa shape index (κ1) is 17.4. The number of rotatable bonds is 6. The van der Waals surface area contributed by atoms with Crippen LogP contribution in [0.3, 0.4) is 0 Å². The van der Waals surface area contributed by atoms with Crippen LogP contribution in [0.2, 0.25) is 0 Å². The van der Waals surface area contributed by atoms with Gasteiger partial charge in [0.1, 0.15) is 0 Å². The van der Waals surface area contributed by atoms with E-state index >= 15 is 0 Å². The van der Waals surface area contributed by atoms with Crippen LogP contribution < -0.4 is 10.2 Å². The van der Waals surface area contributed by atoms with Gasteiger partial charge in [0.25, 0.3) is 0 Å². The molecule has 138 valence electrons. The van der Waals surface area contributed by atoms with Gasteiger partial charge in [-0.25, -0.2) is 0 Å². The molecule has 1 saturated carbocycles. The molecule has 1 aromatic carbocycles. The molecule has 4 rings (SSSR count). The molecule has 1 saturated heterocycles. The molecule has 6 nitrogen and oxygen atoms in total. The van der Waals surface area contributed by atoms with Gasteiger partial charge in [-0.1, -0.05) is 29.5 Å². The third-order valence-corrected chi connectivity index (χ3v) is 5.81. The van der Waals surface area contributed by atoms with E-state index in [-0.39, 0.29) is 5.91 Å². The fourth-order valence-electron chi connectivity index (χ4n) is 3.29. The van der Waals surface area contributed by atoms with Gasteiger partial charge in [0.2, 0.25) is 11.9 Å². The highest BCUT2D eigenvalue weighted by molar-refractivity contribution is 7.99. The van der Waals surface area contributed by atoms with Gasteiger partial charge >= 0.3 is 0 Å². The van der Waals surface area contributed by atoms with Crippen LogP contribution in [-0.4, -0.2) is 39.5 Å². The molecular formula is C19H25N5OS. The summed E-state index contributed by atoms with van der Waals surface area (Å²) < 4.78 is 2.26. The molecule has 1 aliphatic carbocycles. The first-order valence-corrected chi connectivity index (χ1v) is 10.4. The Morgan fingerprint density at radius 1 is 1.15 bits per heavy atom. The van der Waals surface area contributed by atoms with E-state index in [1.807, 2.05) is 31.2 Å². The van der Waals surface area contributed by atoms with E-state index in [2.05, 4.69) is 25.0 Å². The third kappa shape index (κ3) is 4.03. The van der Waals surface area contributed by atoms with E-state index in [4.69, 9.17) is 0 Å². The summed E-state index contributed by atoms with van der Waals surface area (Å²) in [5, 5.41) is 12.7. The zero-order chi connectivity index (χ0) is 17.9. The van der Waals surface area contributed by atoms with Gasteiger partial charge < -0.3 is 10.2 Å². The Labute approximate surface area is 158 Å². The summed E-state index contributed by atoms with van der Waals surface area (Å²) >= 11 is 1.48. The van der Waals surface area contributed by atoms with Crippen LogP contribution in [0, 0.1) is 6.92 Å². The van der Waals surface area contributed by atoms with E-state index in [9.17, 15) is 4.79 Å². The number of hydrogen-bond acceptors (Lipinski definition) is 5. The van der Waals surface area contributed by atoms with Crippen molar-refractivity contribution in [2.24, 2.45) is 0 Å². The molecular weight excluding hydrogens is 346 g/mol. The van der Waals surface area contributed by atoms with Crippen molar-refractivity contribution in [2.45, 2.75) is 50.2 Å². The molecule has 1 aromatic heterocycles. The monoisotopic (exact) mass is 371 g/mol. The molecule has 0 atom stereocenters. The topological polar surface area (TPSA) is 63.1 Å². The standard InChI is InChI=1S/C19H25N5OS/c1-14-5-7-15(8-6-14)20-17(25)13-26-19-22-21-18(24(19)16-9-10-16)23-11-3-2-4-12-23/h5-8,16H,2-4,9-13H2,1H3,(H,20,25). The van der Waals surface area contributed by atoms with Crippen LogP contribution in [0.25, 0.3) is 0 Å². The third-order valence-electron chi connectivity index (χ3n) is 4.87. The van der Waals surface area contributed by atoms with Crippen LogP contribution >= 0.6 is 11.8 Å². The van der Waals surface area contributed by atoms with E-state index < -0.39 is 0 Å². The smallest absolute Gasteiger partial charge is 0.234 e. The fourth-order valence-corrected chi connectivity index (χ4v) is 4.09. The Kier molecular flexibility index (Phi) is 5.15. The Morgan fingerprint density at radius 2 is 1.88 bits per heavy atom. The lowest BCUT2D eigenvalue weighted by Gasteiger charge is -2.27. The molecule has 0 bridgehead atoms. The van der Waals surface area contributed by atoms with Crippen LogP contribution in [-0.2, 0) is 4.79 Å². The number of nitrogens with one attached hydrogen (secondary N) is 1. The minimum Gasteiger partial charge on any atom is -0.341 e. The minimum atomic E-state index is -0.0104. The summed E-state index contributed by atoms with van der Waals surface area (Å²) in [7, 11) is 0.